The third-order valence-corrected chi connectivity index (χ3v) is 5.05. The lowest BCUT2D eigenvalue weighted by Crippen LogP contribution is -2.36. The van der Waals surface area contributed by atoms with Crippen LogP contribution in [0.2, 0.25) is 0 Å². The second kappa shape index (κ2) is 10.8. The van der Waals surface area contributed by atoms with Crippen LogP contribution < -0.4 is 10.6 Å². The average molecular weight is 413 g/mol. The third kappa shape index (κ3) is 7.24. The van der Waals surface area contributed by atoms with Gasteiger partial charge in [0.25, 0.3) is 0 Å². The summed E-state index contributed by atoms with van der Waals surface area (Å²) in [6, 6.07) is 13.4. The highest BCUT2D eigenvalue weighted by Crippen LogP contribution is 2.14. The van der Waals surface area contributed by atoms with Crippen LogP contribution in [0.15, 0.2) is 48.5 Å². The number of hydrogen-bond acceptors (Lipinski definition) is 4. The van der Waals surface area contributed by atoms with Gasteiger partial charge in [-0.25, -0.2) is 4.39 Å². The number of carbonyl (C=O) groups is 2. The van der Waals surface area contributed by atoms with Crippen molar-refractivity contribution in [1.29, 1.82) is 0 Å². The van der Waals surface area contributed by atoms with Gasteiger partial charge >= 0.3 is 0 Å². The third-order valence-electron chi connectivity index (χ3n) is 5.05. The molecule has 0 spiro atoms. The fourth-order valence-corrected chi connectivity index (χ4v) is 3.56. The average Bonchev–Trinajstić information content (AvgIpc) is 2.72. The van der Waals surface area contributed by atoms with E-state index in [4.69, 9.17) is 0 Å². The number of likely N-dealkylation sites (tertiary alicyclic amines) is 1. The van der Waals surface area contributed by atoms with Gasteiger partial charge in [-0.05, 0) is 74.9 Å². The molecule has 0 aliphatic carbocycles. The van der Waals surface area contributed by atoms with E-state index < -0.39 is 0 Å². The number of hydrogen-bond donors (Lipinski definition) is 2. The molecule has 0 aromatic heterocycles. The minimum absolute atomic E-state index is 0.0175. The van der Waals surface area contributed by atoms with Gasteiger partial charge in [0.1, 0.15) is 5.82 Å². The molecular weight excluding hydrogens is 383 g/mol. The van der Waals surface area contributed by atoms with E-state index >= 15 is 0 Å². The molecule has 160 valence electrons. The summed E-state index contributed by atoms with van der Waals surface area (Å²) in [6.07, 6.45) is 3.55. The van der Waals surface area contributed by atoms with Gasteiger partial charge in [0.15, 0.2) is 0 Å². The fraction of sp³-hybridized carbons (Fsp3) is 0.391. The molecule has 30 heavy (non-hydrogen) atoms. The highest BCUT2D eigenvalue weighted by molar-refractivity contribution is 5.94. The zero-order valence-electron chi connectivity index (χ0n) is 17.4. The molecule has 2 amide bonds. The fourth-order valence-electron chi connectivity index (χ4n) is 3.56. The van der Waals surface area contributed by atoms with Crippen LogP contribution in [0, 0.1) is 5.82 Å². The summed E-state index contributed by atoms with van der Waals surface area (Å²) in [5, 5.41) is 5.76. The summed E-state index contributed by atoms with van der Waals surface area (Å²) in [5.41, 5.74) is 2.32. The summed E-state index contributed by atoms with van der Waals surface area (Å²) in [6.45, 7) is 3.14. The molecule has 1 heterocycles. The van der Waals surface area contributed by atoms with Crippen LogP contribution in [0.3, 0.4) is 0 Å². The van der Waals surface area contributed by atoms with Gasteiger partial charge in [-0.3, -0.25) is 19.4 Å². The minimum atomic E-state index is -0.273. The summed E-state index contributed by atoms with van der Waals surface area (Å²) in [5.74, 6) is -0.428. The Balaban J connectivity index is 1.42. The zero-order valence-corrected chi connectivity index (χ0v) is 17.4. The molecule has 2 N–H and O–H groups in total. The van der Waals surface area contributed by atoms with Crippen molar-refractivity contribution in [3.8, 4) is 0 Å². The quantitative estimate of drug-likeness (QED) is 0.698. The molecule has 2 aromatic rings. The second-order valence-electron chi connectivity index (χ2n) is 7.81. The molecule has 0 unspecified atom stereocenters. The summed E-state index contributed by atoms with van der Waals surface area (Å²) in [7, 11) is 1.84. The summed E-state index contributed by atoms with van der Waals surface area (Å²) >= 11 is 0. The van der Waals surface area contributed by atoms with Crippen molar-refractivity contribution >= 4 is 23.2 Å². The van der Waals surface area contributed by atoms with Crippen molar-refractivity contribution in [2.24, 2.45) is 0 Å². The number of benzene rings is 2. The predicted octanol–water partition coefficient (Wildman–Crippen LogP) is 3.32. The van der Waals surface area contributed by atoms with E-state index in [1.165, 1.54) is 18.6 Å². The topological polar surface area (TPSA) is 64.7 Å². The first-order valence-electron chi connectivity index (χ1n) is 10.3. The lowest BCUT2D eigenvalue weighted by molar-refractivity contribution is -0.118. The molecule has 1 aliphatic rings. The zero-order chi connectivity index (χ0) is 21.3. The number of nitrogens with one attached hydrogen (secondary N) is 2. The SMILES string of the molecule is CN(CC(=O)Nc1ccc(NC(=O)CN2CCCCC2)cc1)Cc1ccc(F)cc1. The Morgan fingerprint density at radius 1 is 0.900 bits per heavy atom. The van der Waals surface area contributed by atoms with E-state index in [1.54, 1.807) is 36.4 Å². The molecule has 3 rings (SSSR count). The molecule has 1 saturated heterocycles. The van der Waals surface area contributed by atoms with Gasteiger partial charge in [0.2, 0.25) is 11.8 Å². The van der Waals surface area contributed by atoms with Crippen LogP contribution >= 0.6 is 0 Å². The minimum Gasteiger partial charge on any atom is -0.325 e. The van der Waals surface area contributed by atoms with Crippen LogP contribution in [0.4, 0.5) is 15.8 Å². The van der Waals surface area contributed by atoms with Crippen LogP contribution in [-0.2, 0) is 16.1 Å². The van der Waals surface area contributed by atoms with Crippen molar-refractivity contribution < 1.29 is 14.0 Å². The van der Waals surface area contributed by atoms with Gasteiger partial charge in [-0.15, -0.1) is 0 Å². The van der Waals surface area contributed by atoms with Gasteiger partial charge < -0.3 is 10.6 Å². The number of halogens is 1. The van der Waals surface area contributed by atoms with Crippen molar-refractivity contribution in [2.75, 3.05) is 43.9 Å². The maximum atomic E-state index is 13.0. The summed E-state index contributed by atoms with van der Waals surface area (Å²) < 4.78 is 13.0. The van der Waals surface area contributed by atoms with Gasteiger partial charge in [0.05, 0.1) is 13.1 Å². The number of rotatable bonds is 8. The smallest absolute Gasteiger partial charge is 0.238 e. The van der Waals surface area contributed by atoms with Crippen molar-refractivity contribution in [2.45, 2.75) is 25.8 Å². The number of anilines is 2. The van der Waals surface area contributed by atoms with E-state index in [1.807, 2.05) is 11.9 Å². The summed E-state index contributed by atoms with van der Waals surface area (Å²) in [4.78, 5) is 28.5. The Labute approximate surface area is 177 Å². The molecule has 0 atom stereocenters. The van der Waals surface area contributed by atoms with E-state index in [2.05, 4.69) is 15.5 Å². The largest absolute Gasteiger partial charge is 0.325 e. The molecule has 0 radical (unpaired) electrons. The first-order valence-corrected chi connectivity index (χ1v) is 10.3. The van der Waals surface area contributed by atoms with Crippen molar-refractivity contribution in [3.05, 3.63) is 59.9 Å². The predicted molar refractivity (Wildman–Crippen MR) is 117 cm³/mol. The maximum Gasteiger partial charge on any atom is 0.238 e. The molecule has 0 bridgehead atoms. The molecular formula is C23H29FN4O2. The Morgan fingerprint density at radius 2 is 1.47 bits per heavy atom. The van der Waals surface area contributed by atoms with Crippen LogP contribution in [0.5, 0.6) is 0 Å². The normalized spacial score (nSPS) is 14.5. The second-order valence-corrected chi connectivity index (χ2v) is 7.81. The standard InChI is InChI=1S/C23H29FN4O2/c1-27(15-18-5-7-19(24)8-6-18)16-22(29)25-20-9-11-21(12-10-20)26-23(30)17-28-13-3-2-4-14-28/h5-12H,2-4,13-17H2,1H3,(H,25,29)(H,26,30). The lowest BCUT2D eigenvalue weighted by Gasteiger charge is -2.25. The van der Waals surface area contributed by atoms with E-state index in [-0.39, 0.29) is 24.2 Å². The van der Waals surface area contributed by atoms with E-state index in [9.17, 15) is 14.0 Å². The van der Waals surface area contributed by atoms with Crippen LogP contribution in [0.1, 0.15) is 24.8 Å². The number of nitrogens with zero attached hydrogens (tertiary/aromatic N) is 2. The van der Waals surface area contributed by atoms with Gasteiger partial charge in [-0.2, -0.15) is 0 Å². The van der Waals surface area contributed by atoms with Gasteiger partial charge in [0, 0.05) is 17.9 Å². The maximum absolute atomic E-state index is 13.0. The highest BCUT2D eigenvalue weighted by Gasteiger charge is 2.14. The molecule has 1 aliphatic heterocycles. The molecule has 6 nitrogen and oxygen atoms in total. The van der Waals surface area contributed by atoms with Crippen LogP contribution in [-0.4, -0.2) is 54.8 Å². The Morgan fingerprint density at radius 3 is 2.07 bits per heavy atom. The van der Waals surface area contributed by atoms with Gasteiger partial charge in [-0.1, -0.05) is 18.6 Å². The van der Waals surface area contributed by atoms with Crippen LogP contribution in [0.25, 0.3) is 0 Å². The van der Waals surface area contributed by atoms with Crippen molar-refractivity contribution in [1.82, 2.24) is 9.80 Å². The first kappa shape index (κ1) is 21.9. The number of amides is 2. The highest BCUT2D eigenvalue weighted by atomic mass is 19.1. The Bertz CT molecular complexity index is 833. The Kier molecular flexibility index (Phi) is 7.93. The monoisotopic (exact) mass is 412 g/mol. The Hall–Kier alpha value is -2.77. The number of piperidine rings is 1. The lowest BCUT2D eigenvalue weighted by atomic mass is 10.1. The molecule has 1 fully saturated rings. The van der Waals surface area contributed by atoms with Crippen molar-refractivity contribution in [3.63, 3.8) is 0 Å². The van der Waals surface area contributed by atoms with E-state index in [0.29, 0.717) is 24.5 Å². The number of carbonyl (C=O) groups excluding carboxylic acids is 2. The molecule has 7 heteroatoms. The molecule has 2 aromatic carbocycles. The number of likely N-dealkylation sites (N-methyl/N-ethyl adjacent to an activating group) is 1. The van der Waals surface area contributed by atoms with E-state index in [0.717, 1.165) is 31.5 Å². The first-order chi connectivity index (χ1) is 14.5. The molecule has 0 saturated carbocycles.